The minimum Gasteiger partial charge on any atom is -0.322 e. The average molecular weight is 344 g/mol. The van der Waals surface area contributed by atoms with Crippen molar-refractivity contribution in [2.24, 2.45) is 0 Å². The summed E-state index contributed by atoms with van der Waals surface area (Å²) in [6.45, 7) is 4.29. The first-order valence-electron chi connectivity index (χ1n) is 7.91. The van der Waals surface area contributed by atoms with Crippen LogP contribution in [0.5, 0.6) is 0 Å². The molecule has 0 unspecified atom stereocenters. The van der Waals surface area contributed by atoms with Gasteiger partial charge in [0, 0.05) is 38.0 Å². The monoisotopic (exact) mass is 344 g/mol. The number of aromatic nitrogens is 1. The molecule has 6 nitrogen and oxygen atoms in total. The fourth-order valence-electron chi connectivity index (χ4n) is 2.62. The number of amides is 3. The Morgan fingerprint density at radius 3 is 2.71 bits per heavy atom. The Kier molecular flexibility index (Phi) is 5.10. The molecule has 2 heterocycles. The Balaban J connectivity index is 1.46. The fourth-order valence-corrected chi connectivity index (χ4v) is 3.32. The van der Waals surface area contributed by atoms with Crippen LogP contribution in [0, 0.1) is 6.92 Å². The van der Waals surface area contributed by atoms with Gasteiger partial charge in [-0.25, -0.2) is 9.78 Å². The van der Waals surface area contributed by atoms with E-state index in [1.807, 2.05) is 47.5 Å². The summed E-state index contributed by atoms with van der Waals surface area (Å²) in [5, 5.41) is 5.27. The number of nitrogens with zero attached hydrogens (tertiary/aromatic N) is 3. The summed E-state index contributed by atoms with van der Waals surface area (Å²) in [6.07, 6.45) is 0.281. The van der Waals surface area contributed by atoms with Crippen molar-refractivity contribution in [1.29, 1.82) is 0 Å². The topological polar surface area (TPSA) is 65.5 Å². The van der Waals surface area contributed by atoms with Gasteiger partial charge >= 0.3 is 6.03 Å². The number of carbonyl (C=O) groups excluding carboxylic acids is 2. The van der Waals surface area contributed by atoms with Gasteiger partial charge in [-0.1, -0.05) is 30.3 Å². The molecule has 0 atom stereocenters. The van der Waals surface area contributed by atoms with Gasteiger partial charge in [-0.2, -0.15) is 0 Å². The van der Waals surface area contributed by atoms with Crippen LogP contribution in [0.1, 0.15) is 17.7 Å². The zero-order chi connectivity index (χ0) is 16.9. The maximum atomic E-state index is 12.4. The third-order valence-electron chi connectivity index (χ3n) is 3.87. The van der Waals surface area contributed by atoms with E-state index in [0.29, 0.717) is 31.3 Å². The summed E-state index contributed by atoms with van der Waals surface area (Å²) in [6, 6.07) is 9.93. The van der Waals surface area contributed by atoms with Crippen LogP contribution in [0.25, 0.3) is 0 Å². The molecule has 1 aliphatic rings. The predicted octanol–water partition coefficient (Wildman–Crippen LogP) is 2.72. The summed E-state index contributed by atoms with van der Waals surface area (Å²) >= 11 is 1.41. The lowest BCUT2D eigenvalue weighted by Gasteiger charge is -2.18. The Labute approximate surface area is 145 Å². The van der Waals surface area contributed by atoms with Gasteiger partial charge in [0.15, 0.2) is 5.13 Å². The number of aryl methyl sites for hydroxylation is 1. The number of thiazole rings is 1. The average Bonchev–Trinajstić information content (AvgIpc) is 3.13. The molecule has 0 bridgehead atoms. The molecule has 1 aliphatic heterocycles. The van der Waals surface area contributed by atoms with Crippen LogP contribution in [0.15, 0.2) is 35.7 Å². The van der Waals surface area contributed by atoms with Crippen molar-refractivity contribution in [3.05, 3.63) is 47.0 Å². The molecule has 1 aromatic carbocycles. The van der Waals surface area contributed by atoms with E-state index in [0.717, 1.165) is 11.3 Å². The predicted molar refractivity (Wildman–Crippen MR) is 93.9 cm³/mol. The van der Waals surface area contributed by atoms with Crippen LogP contribution in [-0.4, -0.2) is 46.4 Å². The first kappa shape index (κ1) is 16.4. The van der Waals surface area contributed by atoms with Crippen LogP contribution in [0.3, 0.4) is 0 Å². The summed E-state index contributed by atoms with van der Waals surface area (Å²) in [5.41, 5.74) is 2.01. The van der Waals surface area contributed by atoms with Crippen molar-refractivity contribution in [2.45, 2.75) is 19.9 Å². The third kappa shape index (κ3) is 4.11. The second-order valence-electron chi connectivity index (χ2n) is 5.77. The van der Waals surface area contributed by atoms with Gasteiger partial charge < -0.3 is 15.1 Å². The molecule has 1 saturated heterocycles. The first-order chi connectivity index (χ1) is 11.6. The minimum absolute atomic E-state index is 0.00301. The van der Waals surface area contributed by atoms with E-state index < -0.39 is 0 Å². The number of hydrogen-bond acceptors (Lipinski definition) is 4. The van der Waals surface area contributed by atoms with E-state index in [2.05, 4.69) is 10.3 Å². The fraction of sp³-hybridized carbons (Fsp3) is 0.353. The van der Waals surface area contributed by atoms with Crippen molar-refractivity contribution in [3.63, 3.8) is 0 Å². The minimum atomic E-state index is -0.112. The van der Waals surface area contributed by atoms with Crippen molar-refractivity contribution < 1.29 is 9.59 Å². The maximum Gasteiger partial charge on any atom is 0.320 e. The molecule has 126 valence electrons. The van der Waals surface area contributed by atoms with Crippen LogP contribution in [-0.2, 0) is 11.3 Å². The number of nitrogens with one attached hydrogen (secondary N) is 1. The smallest absolute Gasteiger partial charge is 0.320 e. The van der Waals surface area contributed by atoms with Crippen molar-refractivity contribution >= 4 is 28.4 Å². The lowest BCUT2D eigenvalue weighted by molar-refractivity contribution is -0.116. The van der Waals surface area contributed by atoms with Crippen LogP contribution >= 0.6 is 11.3 Å². The summed E-state index contributed by atoms with van der Waals surface area (Å²) < 4.78 is 0. The highest BCUT2D eigenvalue weighted by atomic mass is 32.1. The quantitative estimate of drug-likeness (QED) is 0.876. The number of anilines is 1. The van der Waals surface area contributed by atoms with Gasteiger partial charge in [0.25, 0.3) is 0 Å². The number of hydrogen-bond donors (Lipinski definition) is 1. The molecule has 1 fully saturated rings. The lowest BCUT2D eigenvalue weighted by Crippen LogP contribution is -2.33. The molecule has 1 N–H and O–H groups in total. The van der Waals surface area contributed by atoms with E-state index in [4.69, 9.17) is 0 Å². The summed E-state index contributed by atoms with van der Waals surface area (Å²) in [7, 11) is 0. The zero-order valence-electron chi connectivity index (χ0n) is 13.6. The standard InChI is InChI=1S/C17H20N4O2S/c1-13-12-24-16(18-13)19-15(22)7-8-20-9-10-21(17(20)23)11-14-5-3-2-4-6-14/h2-6,12H,7-11H2,1H3,(H,18,19,22). The second kappa shape index (κ2) is 7.44. The van der Waals surface area contributed by atoms with Crippen LogP contribution in [0.2, 0.25) is 0 Å². The van der Waals surface area contributed by atoms with E-state index in [1.54, 1.807) is 4.90 Å². The highest BCUT2D eigenvalue weighted by Crippen LogP contribution is 2.16. The zero-order valence-corrected chi connectivity index (χ0v) is 14.4. The molecule has 1 aromatic heterocycles. The number of carbonyl (C=O) groups is 2. The van der Waals surface area contributed by atoms with Gasteiger partial charge in [0.2, 0.25) is 5.91 Å². The maximum absolute atomic E-state index is 12.4. The number of urea groups is 1. The Morgan fingerprint density at radius 1 is 1.25 bits per heavy atom. The number of benzene rings is 1. The lowest BCUT2D eigenvalue weighted by atomic mass is 10.2. The second-order valence-corrected chi connectivity index (χ2v) is 6.63. The Morgan fingerprint density at radius 2 is 2.00 bits per heavy atom. The highest BCUT2D eigenvalue weighted by molar-refractivity contribution is 7.13. The van der Waals surface area contributed by atoms with Gasteiger partial charge in [0.05, 0.1) is 5.69 Å². The molecule has 7 heteroatoms. The van der Waals surface area contributed by atoms with Crippen LogP contribution in [0.4, 0.5) is 9.93 Å². The largest absolute Gasteiger partial charge is 0.322 e. The van der Waals surface area contributed by atoms with Gasteiger partial charge in [-0.3, -0.25) is 4.79 Å². The molecule has 0 aliphatic carbocycles. The van der Waals surface area contributed by atoms with Gasteiger partial charge in [-0.15, -0.1) is 11.3 Å². The SMILES string of the molecule is Cc1csc(NC(=O)CCN2CCN(Cc3ccccc3)C2=O)n1. The molecule has 24 heavy (non-hydrogen) atoms. The van der Waals surface area contributed by atoms with Crippen molar-refractivity contribution in [1.82, 2.24) is 14.8 Å². The molecular weight excluding hydrogens is 324 g/mol. The molecular formula is C17H20N4O2S. The van der Waals surface area contributed by atoms with Gasteiger partial charge in [-0.05, 0) is 12.5 Å². The summed E-state index contributed by atoms with van der Waals surface area (Å²) in [5.74, 6) is -0.112. The number of rotatable bonds is 6. The Hall–Kier alpha value is -2.41. The van der Waals surface area contributed by atoms with E-state index in [1.165, 1.54) is 11.3 Å². The van der Waals surface area contributed by atoms with E-state index >= 15 is 0 Å². The van der Waals surface area contributed by atoms with Crippen molar-refractivity contribution in [3.8, 4) is 0 Å². The van der Waals surface area contributed by atoms with Crippen LogP contribution < -0.4 is 5.32 Å². The summed E-state index contributed by atoms with van der Waals surface area (Å²) in [4.78, 5) is 32.1. The van der Waals surface area contributed by atoms with E-state index in [-0.39, 0.29) is 18.4 Å². The first-order valence-corrected chi connectivity index (χ1v) is 8.79. The normalized spacial score (nSPS) is 14.3. The molecule has 0 saturated carbocycles. The molecule has 0 spiro atoms. The molecule has 2 aromatic rings. The molecule has 3 rings (SSSR count). The molecule has 3 amide bonds. The third-order valence-corrected chi connectivity index (χ3v) is 4.75. The highest BCUT2D eigenvalue weighted by Gasteiger charge is 2.28. The Bertz CT molecular complexity index is 716. The van der Waals surface area contributed by atoms with Crippen molar-refractivity contribution in [2.75, 3.05) is 25.0 Å². The van der Waals surface area contributed by atoms with Gasteiger partial charge in [0.1, 0.15) is 0 Å². The molecule has 0 radical (unpaired) electrons. The van der Waals surface area contributed by atoms with E-state index in [9.17, 15) is 9.59 Å².